The maximum Gasteiger partial charge on any atom is 0.255 e. The van der Waals surface area contributed by atoms with Crippen molar-refractivity contribution in [3.05, 3.63) is 83.9 Å². The van der Waals surface area contributed by atoms with Crippen molar-refractivity contribution in [1.29, 1.82) is 0 Å². The summed E-state index contributed by atoms with van der Waals surface area (Å²) in [6.07, 6.45) is 5.47. The molecule has 0 aromatic heterocycles. The molecule has 3 aromatic rings. The monoisotopic (exact) mass is 596 g/mol. The van der Waals surface area contributed by atoms with Crippen LogP contribution in [0.2, 0.25) is 0 Å². The molecule has 1 amide bonds. The van der Waals surface area contributed by atoms with Gasteiger partial charge in [-0.3, -0.25) is 4.79 Å². The summed E-state index contributed by atoms with van der Waals surface area (Å²) in [7, 11) is -0.891. The molecule has 3 aromatic carbocycles. The van der Waals surface area contributed by atoms with Crippen molar-refractivity contribution in [3.8, 4) is 17.2 Å². The van der Waals surface area contributed by atoms with Gasteiger partial charge in [-0.2, -0.15) is 0 Å². The first-order valence-electron chi connectivity index (χ1n) is 14.3. The van der Waals surface area contributed by atoms with Crippen LogP contribution in [0.3, 0.4) is 0 Å². The SMILES string of the molecule is COc1ccc(CC(OCC2CCCCC2)C(CNC(=O)c2ccccc2O)NS(=O)(=O)c2ccc(OC)cc2)cc1. The molecule has 1 aliphatic rings. The summed E-state index contributed by atoms with van der Waals surface area (Å²) in [6, 6.07) is 19.0. The molecule has 0 bridgehead atoms. The highest BCUT2D eigenvalue weighted by molar-refractivity contribution is 7.89. The predicted octanol–water partition coefficient (Wildman–Crippen LogP) is 4.69. The Morgan fingerprint density at radius 1 is 0.905 bits per heavy atom. The first-order chi connectivity index (χ1) is 20.3. The van der Waals surface area contributed by atoms with Crippen LogP contribution in [0.5, 0.6) is 17.2 Å². The number of hydrogen-bond donors (Lipinski definition) is 3. The Morgan fingerprint density at radius 2 is 1.52 bits per heavy atom. The van der Waals surface area contributed by atoms with E-state index < -0.39 is 28.1 Å². The minimum Gasteiger partial charge on any atom is -0.507 e. The number of aromatic hydroxyl groups is 1. The molecule has 3 N–H and O–H groups in total. The van der Waals surface area contributed by atoms with Gasteiger partial charge in [0.2, 0.25) is 10.0 Å². The molecule has 9 nitrogen and oxygen atoms in total. The number of carbonyl (C=O) groups excluding carboxylic acids is 1. The highest BCUT2D eigenvalue weighted by atomic mass is 32.2. The van der Waals surface area contributed by atoms with Gasteiger partial charge in [-0.15, -0.1) is 0 Å². The molecular weight excluding hydrogens is 556 g/mol. The molecule has 1 aliphatic carbocycles. The molecule has 1 fully saturated rings. The van der Waals surface area contributed by atoms with Crippen molar-refractivity contribution in [2.75, 3.05) is 27.4 Å². The third-order valence-corrected chi connectivity index (χ3v) is 9.13. The van der Waals surface area contributed by atoms with Crippen LogP contribution in [0.25, 0.3) is 0 Å². The lowest BCUT2D eigenvalue weighted by molar-refractivity contribution is 0.00407. The summed E-state index contributed by atoms with van der Waals surface area (Å²) in [5, 5.41) is 13.0. The maximum absolute atomic E-state index is 13.6. The molecule has 0 heterocycles. The second-order valence-electron chi connectivity index (χ2n) is 10.6. The number of rotatable bonds is 14. The van der Waals surface area contributed by atoms with Crippen molar-refractivity contribution in [2.45, 2.75) is 55.6 Å². The van der Waals surface area contributed by atoms with Crippen LogP contribution in [-0.4, -0.2) is 58.9 Å². The molecule has 0 radical (unpaired) electrons. The molecule has 1 saturated carbocycles. The van der Waals surface area contributed by atoms with Crippen molar-refractivity contribution in [3.63, 3.8) is 0 Å². The second kappa shape index (κ2) is 15.0. The van der Waals surface area contributed by atoms with Gasteiger partial charge in [-0.25, -0.2) is 13.1 Å². The quantitative estimate of drug-likeness (QED) is 0.247. The lowest BCUT2D eigenvalue weighted by atomic mass is 9.90. The van der Waals surface area contributed by atoms with Crippen LogP contribution in [-0.2, 0) is 21.2 Å². The second-order valence-corrected chi connectivity index (χ2v) is 12.3. The number of amides is 1. The number of methoxy groups -OCH3 is 2. The number of carbonyl (C=O) groups is 1. The van der Waals surface area contributed by atoms with Crippen LogP contribution in [0.15, 0.2) is 77.7 Å². The van der Waals surface area contributed by atoms with E-state index in [1.165, 1.54) is 37.8 Å². The highest BCUT2D eigenvalue weighted by Gasteiger charge is 2.30. The van der Waals surface area contributed by atoms with Crippen molar-refractivity contribution < 1.29 is 32.5 Å². The van der Waals surface area contributed by atoms with Crippen LogP contribution >= 0.6 is 0 Å². The van der Waals surface area contributed by atoms with E-state index >= 15 is 0 Å². The van der Waals surface area contributed by atoms with Gasteiger partial charge in [0.05, 0.1) is 36.8 Å². The van der Waals surface area contributed by atoms with Gasteiger partial charge >= 0.3 is 0 Å². The topological polar surface area (TPSA) is 123 Å². The van der Waals surface area contributed by atoms with E-state index in [2.05, 4.69) is 10.0 Å². The van der Waals surface area contributed by atoms with Crippen molar-refractivity contribution in [1.82, 2.24) is 10.0 Å². The van der Waals surface area contributed by atoms with Gasteiger partial charge in [-0.05, 0) is 72.9 Å². The van der Waals surface area contributed by atoms with Gasteiger partial charge in [0, 0.05) is 19.6 Å². The molecule has 0 aliphatic heterocycles. The molecule has 10 heteroatoms. The number of para-hydroxylation sites is 1. The van der Waals surface area contributed by atoms with E-state index in [0.29, 0.717) is 30.4 Å². The standard InChI is InChI=1S/C32H40N2O7S/c1-39-25-14-12-23(13-15-25)20-31(41-22-24-8-4-3-5-9-24)29(21-33-32(36)28-10-6-7-11-30(28)35)34-42(37,38)27-18-16-26(40-2)17-19-27/h6-7,10-19,24,29,31,34-35H,3-5,8-9,20-22H2,1-2H3,(H,33,36). The number of benzene rings is 3. The Morgan fingerprint density at radius 3 is 2.14 bits per heavy atom. The Kier molecular flexibility index (Phi) is 11.2. The molecule has 0 saturated heterocycles. The van der Waals surface area contributed by atoms with Crippen molar-refractivity contribution in [2.24, 2.45) is 5.92 Å². The lowest BCUT2D eigenvalue weighted by Crippen LogP contribution is -2.52. The zero-order chi connectivity index (χ0) is 30.0. The van der Waals surface area contributed by atoms with E-state index in [1.54, 1.807) is 31.4 Å². The summed E-state index contributed by atoms with van der Waals surface area (Å²) in [4.78, 5) is 13.1. The summed E-state index contributed by atoms with van der Waals surface area (Å²) < 4.78 is 46.9. The smallest absolute Gasteiger partial charge is 0.255 e. The van der Waals surface area contributed by atoms with E-state index in [0.717, 1.165) is 31.2 Å². The molecule has 2 unspecified atom stereocenters. The van der Waals surface area contributed by atoms with Crippen LogP contribution in [0.4, 0.5) is 0 Å². The highest BCUT2D eigenvalue weighted by Crippen LogP contribution is 2.26. The number of sulfonamides is 1. The maximum atomic E-state index is 13.6. The minimum atomic E-state index is -4.00. The number of nitrogens with one attached hydrogen (secondary N) is 2. The Balaban J connectivity index is 1.62. The minimum absolute atomic E-state index is 0.0615. The number of hydrogen-bond acceptors (Lipinski definition) is 7. The fourth-order valence-electron chi connectivity index (χ4n) is 5.16. The van der Waals surface area contributed by atoms with Gasteiger partial charge in [-0.1, -0.05) is 43.5 Å². The average Bonchev–Trinajstić information content (AvgIpc) is 3.02. The molecule has 0 spiro atoms. The number of phenolic OH excluding ortho intramolecular Hbond substituents is 1. The zero-order valence-corrected chi connectivity index (χ0v) is 24.9. The fraction of sp³-hybridized carbons (Fsp3) is 0.406. The van der Waals surface area contributed by atoms with Crippen molar-refractivity contribution >= 4 is 15.9 Å². The molecular formula is C32H40N2O7S. The normalized spacial score (nSPS) is 15.5. The summed E-state index contributed by atoms with van der Waals surface area (Å²) >= 11 is 0. The van der Waals surface area contributed by atoms with E-state index in [4.69, 9.17) is 14.2 Å². The zero-order valence-electron chi connectivity index (χ0n) is 24.1. The number of phenols is 1. The van der Waals surface area contributed by atoms with Gasteiger partial charge in [0.15, 0.2) is 0 Å². The largest absolute Gasteiger partial charge is 0.507 e. The van der Waals surface area contributed by atoms with Gasteiger partial charge < -0.3 is 24.6 Å². The third-order valence-electron chi connectivity index (χ3n) is 7.62. The lowest BCUT2D eigenvalue weighted by Gasteiger charge is -2.31. The van der Waals surface area contributed by atoms with Gasteiger partial charge in [0.25, 0.3) is 5.91 Å². The number of ether oxygens (including phenoxy) is 3. The Hall–Kier alpha value is -3.60. The van der Waals surface area contributed by atoms with E-state index in [1.807, 2.05) is 24.3 Å². The molecule has 4 rings (SSSR count). The summed E-state index contributed by atoms with van der Waals surface area (Å²) in [6.45, 7) is 0.434. The summed E-state index contributed by atoms with van der Waals surface area (Å²) in [5.74, 6) is 0.969. The molecule has 226 valence electrons. The predicted molar refractivity (Wildman–Crippen MR) is 161 cm³/mol. The van der Waals surface area contributed by atoms with Crippen LogP contribution in [0.1, 0.15) is 48.0 Å². The van der Waals surface area contributed by atoms with Gasteiger partial charge in [0.1, 0.15) is 17.2 Å². The van der Waals surface area contributed by atoms with Crippen LogP contribution in [0, 0.1) is 5.92 Å². The van der Waals surface area contributed by atoms with E-state index in [-0.39, 0.29) is 22.8 Å². The first kappa shape index (κ1) is 31.3. The summed E-state index contributed by atoms with van der Waals surface area (Å²) in [5.41, 5.74) is 1.04. The molecule has 2 atom stereocenters. The van der Waals surface area contributed by atoms with E-state index in [9.17, 15) is 18.3 Å². The molecule has 42 heavy (non-hydrogen) atoms. The Bertz CT molecular complexity index is 1390. The van der Waals surface area contributed by atoms with Crippen LogP contribution < -0.4 is 19.5 Å². The first-order valence-corrected chi connectivity index (χ1v) is 15.7. The fourth-order valence-corrected chi connectivity index (χ4v) is 6.42. The average molecular weight is 597 g/mol. The Labute approximate surface area is 248 Å². The third kappa shape index (κ3) is 8.70.